The SMILES string of the molecule is [2H]C([2H])([2H])N1CCN(CC(=O)Nc2cc3nc(-c4cnn(C)c4)ccc3cn2)CC1. The molecule has 1 aliphatic heterocycles. The van der Waals surface area contributed by atoms with Crippen LogP contribution in [0, 0.1) is 0 Å². The molecular formula is C19H23N7O. The number of hydrogen-bond acceptors (Lipinski definition) is 6. The smallest absolute Gasteiger partial charge is 0.239 e. The third kappa shape index (κ3) is 4.12. The highest BCUT2D eigenvalue weighted by molar-refractivity contribution is 5.93. The Morgan fingerprint density at radius 3 is 2.85 bits per heavy atom. The van der Waals surface area contributed by atoms with Gasteiger partial charge in [0.1, 0.15) is 5.82 Å². The van der Waals surface area contributed by atoms with E-state index < -0.39 is 6.98 Å². The van der Waals surface area contributed by atoms with Crippen molar-refractivity contribution in [3.63, 3.8) is 0 Å². The molecule has 0 unspecified atom stereocenters. The number of carbonyl (C=O) groups excluding carboxylic acids is 1. The lowest BCUT2D eigenvalue weighted by molar-refractivity contribution is -0.117. The van der Waals surface area contributed by atoms with Crippen LogP contribution < -0.4 is 5.32 Å². The minimum atomic E-state index is -2.08. The van der Waals surface area contributed by atoms with Gasteiger partial charge in [0.15, 0.2) is 0 Å². The molecule has 1 amide bonds. The Morgan fingerprint density at radius 1 is 1.26 bits per heavy atom. The number of fused-ring (bicyclic) bond motifs is 1. The second-order valence-corrected chi connectivity index (χ2v) is 6.67. The normalized spacial score (nSPS) is 18.0. The van der Waals surface area contributed by atoms with E-state index in [0.717, 1.165) is 22.2 Å². The standard InChI is InChI=1S/C19H23N7O/c1-24-5-7-26(8-6-24)13-19(27)23-18-9-17-14(10-20-18)3-4-16(22-17)15-11-21-25(2)12-15/h3-4,9-12H,5-8,13H2,1-2H3,(H,20,23,27)/i1D3. The van der Waals surface area contributed by atoms with Gasteiger partial charge in [-0.15, -0.1) is 0 Å². The molecule has 3 aromatic heterocycles. The number of hydrogen-bond donors (Lipinski definition) is 1. The summed E-state index contributed by atoms with van der Waals surface area (Å²) in [7, 11) is 1.85. The second kappa shape index (κ2) is 7.42. The van der Waals surface area contributed by atoms with Gasteiger partial charge in [0.05, 0.1) is 24.0 Å². The minimum Gasteiger partial charge on any atom is -0.310 e. The maximum absolute atomic E-state index is 12.4. The number of amides is 1. The number of aromatic nitrogens is 4. The Bertz CT molecular complexity index is 1060. The summed E-state index contributed by atoms with van der Waals surface area (Å²) in [6, 6.07) is 5.60. The van der Waals surface area contributed by atoms with Crippen LogP contribution in [0.3, 0.4) is 0 Å². The summed E-state index contributed by atoms with van der Waals surface area (Å²) >= 11 is 0. The van der Waals surface area contributed by atoms with Crippen LogP contribution in [0.25, 0.3) is 22.2 Å². The minimum absolute atomic E-state index is 0.187. The zero-order chi connectivity index (χ0) is 21.3. The summed E-state index contributed by atoms with van der Waals surface area (Å²) in [5.41, 5.74) is 2.44. The van der Waals surface area contributed by atoms with E-state index in [-0.39, 0.29) is 12.5 Å². The van der Waals surface area contributed by atoms with Crippen LogP contribution in [0.4, 0.5) is 5.82 Å². The van der Waals surface area contributed by atoms with Crippen LogP contribution in [0.15, 0.2) is 36.8 Å². The molecule has 1 aliphatic rings. The molecule has 0 spiro atoms. The van der Waals surface area contributed by atoms with Gasteiger partial charge in [0, 0.05) is 66.7 Å². The number of nitrogens with one attached hydrogen (secondary N) is 1. The molecule has 0 atom stereocenters. The highest BCUT2D eigenvalue weighted by Crippen LogP contribution is 2.21. The number of pyridine rings is 2. The number of carbonyl (C=O) groups is 1. The van der Waals surface area contributed by atoms with Gasteiger partial charge in [-0.1, -0.05) is 0 Å². The second-order valence-electron chi connectivity index (χ2n) is 6.67. The fourth-order valence-corrected chi connectivity index (χ4v) is 3.09. The van der Waals surface area contributed by atoms with Crippen molar-refractivity contribution in [2.45, 2.75) is 0 Å². The molecule has 8 nitrogen and oxygen atoms in total. The molecule has 8 heteroatoms. The Hall–Kier alpha value is -2.84. The monoisotopic (exact) mass is 368 g/mol. The van der Waals surface area contributed by atoms with E-state index in [1.807, 2.05) is 30.3 Å². The quantitative estimate of drug-likeness (QED) is 0.746. The Balaban J connectivity index is 1.40. The van der Waals surface area contributed by atoms with Gasteiger partial charge < -0.3 is 10.2 Å². The van der Waals surface area contributed by atoms with Crippen molar-refractivity contribution in [3.05, 3.63) is 36.8 Å². The number of rotatable bonds is 4. The van der Waals surface area contributed by atoms with E-state index in [0.29, 0.717) is 32.0 Å². The fourth-order valence-electron chi connectivity index (χ4n) is 3.09. The van der Waals surface area contributed by atoms with E-state index in [4.69, 9.17) is 4.11 Å². The molecule has 0 radical (unpaired) electrons. The van der Waals surface area contributed by atoms with Crippen LogP contribution in [0.5, 0.6) is 0 Å². The maximum atomic E-state index is 12.4. The third-order valence-corrected chi connectivity index (χ3v) is 4.58. The fraction of sp³-hybridized carbons (Fsp3) is 0.368. The van der Waals surface area contributed by atoms with Gasteiger partial charge in [0.25, 0.3) is 0 Å². The van der Waals surface area contributed by atoms with Gasteiger partial charge in [-0.25, -0.2) is 9.97 Å². The highest BCUT2D eigenvalue weighted by atomic mass is 16.2. The number of likely N-dealkylation sites (N-methyl/N-ethyl adjacent to an activating group) is 1. The molecule has 4 heterocycles. The molecule has 0 aliphatic carbocycles. The van der Waals surface area contributed by atoms with Crippen molar-refractivity contribution in [2.75, 3.05) is 45.0 Å². The van der Waals surface area contributed by atoms with Crippen molar-refractivity contribution in [1.29, 1.82) is 0 Å². The van der Waals surface area contributed by atoms with Crippen LogP contribution >= 0.6 is 0 Å². The molecule has 27 heavy (non-hydrogen) atoms. The van der Waals surface area contributed by atoms with Crippen molar-refractivity contribution in [2.24, 2.45) is 7.05 Å². The van der Waals surface area contributed by atoms with Crippen molar-refractivity contribution >= 4 is 22.6 Å². The predicted molar refractivity (Wildman–Crippen MR) is 104 cm³/mol. The van der Waals surface area contributed by atoms with Gasteiger partial charge in [0.2, 0.25) is 5.91 Å². The summed E-state index contributed by atoms with van der Waals surface area (Å²) in [5.74, 6) is 0.247. The number of anilines is 1. The molecule has 0 bridgehead atoms. The first-order chi connectivity index (χ1) is 14.3. The summed E-state index contributed by atoms with van der Waals surface area (Å²) in [6.45, 7) is 0.0147. The molecule has 1 N–H and O–H groups in total. The van der Waals surface area contributed by atoms with Gasteiger partial charge >= 0.3 is 0 Å². The van der Waals surface area contributed by atoms with E-state index in [1.165, 1.54) is 4.90 Å². The average Bonchev–Trinajstić information content (AvgIpc) is 3.13. The van der Waals surface area contributed by atoms with E-state index in [9.17, 15) is 4.79 Å². The highest BCUT2D eigenvalue weighted by Gasteiger charge is 2.17. The molecule has 1 fully saturated rings. The topological polar surface area (TPSA) is 79.2 Å². The lowest BCUT2D eigenvalue weighted by atomic mass is 10.2. The number of piperazine rings is 1. The van der Waals surface area contributed by atoms with Gasteiger partial charge in [-0.2, -0.15) is 5.10 Å². The first kappa shape index (κ1) is 14.2. The van der Waals surface area contributed by atoms with Gasteiger partial charge in [-0.05, 0) is 19.1 Å². The van der Waals surface area contributed by atoms with E-state index in [2.05, 4.69) is 20.4 Å². The van der Waals surface area contributed by atoms with Crippen LogP contribution in [-0.2, 0) is 11.8 Å². The largest absolute Gasteiger partial charge is 0.310 e. The predicted octanol–water partition coefficient (Wildman–Crippen LogP) is 1.22. The van der Waals surface area contributed by atoms with Gasteiger partial charge in [-0.3, -0.25) is 14.4 Å². The number of aryl methyl sites for hydroxylation is 1. The Kier molecular flexibility index (Phi) is 3.91. The number of nitrogens with zero attached hydrogens (tertiary/aromatic N) is 6. The van der Waals surface area contributed by atoms with Crippen LogP contribution in [0.2, 0.25) is 0 Å². The molecule has 0 saturated carbocycles. The molecule has 3 aromatic rings. The molecule has 140 valence electrons. The van der Waals surface area contributed by atoms with Crippen molar-refractivity contribution in [1.82, 2.24) is 29.5 Å². The average molecular weight is 368 g/mol. The lowest BCUT2D eigenvalue weighted by Gasteiger charge is -2.31. The Morgan fingerprint density at radius 2 is 2.11 bits per heavy atom. The Labute approximate surface area is 162 Å². The molecular weight excluding hydrogens is 342 g/mol. The lowest BCUT2D eigenvalue weighted by Crippen LogP contribution is -2.47. The summed E-state index contributed by atoms with van der Waals surface area (Å²) in [4.78, 5) is 24.8. The maximum Gasteiger partial charge on any atom is 0.239 e. The molecule has 0 aromatic carbocycles. The molecule has 1 saturated heterocycles. The first-order valence-corrected chi connectivity index (χ1v) is 8.81. The van der Waals surface area contributed by atoms with Crippen LogP contribution in [0.1, 0.15) is 4.11 Å². The zero-order valence-corrected chi connectivity index (χ0v) is 15.1. The van der Waals surface area contributed by atoms with Crippen molar-refractivity contribution in [3.8, 4) is 11.3 Å². The molecule has 4 rings (SSSR count). The summed E-state index contributed by atoms with van der Waals surface area (Å²) in [6.07, 6.45) is 5.33. The third-order valence-electron chi connectivity index (χ3n) is 4.58. The zero-order valence-electron chi connectivity index (χ0n) is 18.1. The summed E-state index contributed by atoms with van der Waals surface area (Å²) < 4.78 is 24.1. The van der Waals surface area contributed by atoms with E-state index in [1.54, 1.807) is 23.1 Å². The van der Waals surface area contributed by atoms with Crippen LogP contribution in [-0.4, -0.2) is 75.2 Å². The first-order valence-electron chi connectivity index (χ1n) is 10.3. The van der Waals surface area contributed by atoms with E-state index >= 15 is 0 Å². The summed E-state index contributed by atoms with van der Waals surface area (Å²) in [5, 5.41) is 7.86. The van der Waals surface area contributed by atoms with Crippen molar-refractivity contribution < 1.29 is 8.91 Å².